The van der Waals surface area contributed by atoms with Crippen LogP contribution in [0.3, 0.4) is 0 Å². The Kier molecular flexibility index (Phi) is 4.78. The minimum atomic E-state index is -3.81. The predicted molar refractivity (Wildman–Crippen MR) is 88.5 cm³/mol. The van der Waals surface area contributed by atoms with E-state index in [1.807, 2.05) is 0 Å². The van der Waals surface area contributed by atoms with Crippen molar-refractivity contribution in [1.82, 2.24) is 0 Å². The smallest absolute Gasteiger partial charge is 0.263 e. The number of aromatic hydroxyl groups is 1. The largest absolute Gasteiger partial charge is 0.505 e. The van der Waals surface area contributed by atoms with E-state index in [1.54, 1.807) is 24.3 Å². The normalized spacial score (nSPS) is 11.3. The van der Waals surface area contributed by atoms with Crippen LogP contribution in [0.2, 0.25) is 0 Å². The predicted octanol–water partition coefficient (Wildman–Crippen LogP) is 4.48. The maximum Gasteiger partial charge on any atom is 0.263 e. The second kappa shape index (κ2) is 6.05. The molecule has 0 saturated heterocycles. The highest BCUT2D eigenvalue weighted by atomic mass is 79.9. The summed E-state index contributed by atoms with van der Waals surface area (Å²) in [6.45, 7) is 0. The van der Waals surface area contributed by atoms with Crippen LogP contribution in [0.15, 0.2) is 54.7 Å². The molecular weight excluding hydrogens is 478 g/mol. The van der Waals surface area contributed by atoms with Crippen LogP contribution in [0.25, 0.3) is 0 Å². The zero-order valence-electron chi connectivity index (χ0n) is 9.77. The van der Waals surface area contributed by atoms with E-state index in [2.05, 4.69) is 52.5 Å². The molecule has 0 aliphatic rings. The fourth-order valence-corrected chi connectivity index (χ4v) is 4.42. The molecule has 0 aliphatic carbocycles. The minimum Gasteiger partial charge on any atom is -0.505 e. The highest BCUT2D eigenvalue weighted by Gasteiger charge is 2.20. The first kappa shape index (κ1) is 15.8. The molecular formula is C12H8Br3NO3S. The van der Waals surface area contributed by atoms with Crippen LogP contribution in [0, 0.1) is 0 Å². The van der Waals surface area contributed by atoms with Gasteiger partial charge in [-0.1, -0.05) is 22.0 Å². The summed E-state index contributed by atoms with van der Waals surface area (Å²) in [5.74, 6) is -0.165. The molecule has 2 N–H and O–H groups in total. The lowest BCUT2D eigenvalue weighted by atomic mass is 10.3. The number of benzene rings is 2. The Hall–Kier alpha value is -0.570. The van der Waals surface area contributed by atoms with E-state index in [0.29, 0.717) is 13.4 Å². The van der Waals surface area contributed by atoms with E-state index in [9.17, 15) is 13.5 Å². The van der Waals surface area contributed by atoms with E-state index in [1.165, 1.54) is 12.1 Å². The van der Waals surface area contributed by atoms with Gasteiger partial charge in [-0.05, 0) is 62.2 Å². The van der Waals surface area contributed by atoms with Crippen LogP contribution in [0.1, 0.15) is 0 Å². The number of hydrogen-bond donors (Lipinski definition) is 2. The maximum absolute atomic E-state index is 12.3. The molecule has 0 aliphatic heterocycles. The van der Waals surface area contributed by atoms with E-state index in [4.69, 9.17) is 0 Å². The first-order chi connectivity index (χ1) is 9.31. The lowest BCUT2D eigenvalue weighted by molar-refractivity contribution is 0.474. The number of halogens is 3. The number of rotatable bonds is 3. The Morgan fingerprint density at radius 1 is 1.00 bits per heavy atom. The first-order valence-electron chi connectivity index (χ1n) is 5.26. The van der Waals surface area contributed by atoms with Gasteiger partial charge in [0.05, 0.1) is 10.2 Å². The molecule has 2 aromatic rings. The average molecular weight is 486 g/mol. The Balaban J connectivity index is 2.46. The summed E-state index contributed by atoms with van der Waals surface area (Å²) in [6.07, 6.45) is 0. The highest BCUT2D eigenvalue weighted by molar-refractivity contribution is 9.11. The molecule has 0 heterocycles. The Morgan fingerprint density at radius 3 is 2.40 bits per heavy atom. The standard InChI is InChI=1S/C12H8Br3NO3S/c13-7-4-5-8(14)11(6-7)20(18,19)16-10-3-1-2-9(15)12(10)17/h1-6,16-17H. The number of para-hydroxylation sites is 1. The summed E-state index contributed by atoms with van der Waals surface area (Å²) >= 11 is 9.57. The van der Waals surface area contributed by atoms with E-state index >= 15 is 0 Å². The molecule has 0 spiro atoms. The third kappa shape index (κ3) is 3.36. The van der Waals surface area contributed by atoms with Crippen LogP contribution >= 0.6 is 47.8 Å². The Bertz CT molecular complexity index is 763. The second-order valence-electron chi connectivity index (χ2n) is 3.82. The van der Waals surface area contributed by atoms with Gasteiger partial charge in [-0.3, -0.25) is 4.72 Å². The molecule has 2 rings (SSSR count). The number of anilines is 1. The molecule has 0 saturated carbocycles. The zero-order chi connectivity index (χ0) is 14.9. The SMILES string of the molecule is O=S(=O)(Nc1cccc(Br)c1O)c1cc(Br)ccc1Br. The van der Waals surface area contributed by atoms with Gasteiger partial charge in [0.15, 0.2) is 5.75 Å². The van der Waals surface area contributed by atoms with Crippen molar-refractivity contribution in [2.24, 2.45) is 0 Å². The Morgan fingerprint density at radius 2 is 1.70 bits per heavy atom. The number of nitrogens with one attached hydrogen (secondary N) is 1. The number of sulfonamides is 1. The molecule has 4 nitrogen and oxygen atoms in total. The summed E-state index contributed by atoms with van der Waals surface area (Å²) in [7, 11) is -3.81. The molecule has 0 atom stereocenters. The number of phenolic OH excluding ortho intramolecular Hbond substituents is 1. The Labute approximate surface area is 141 Å². The van der Waals surface area contributed by atoms with Crippen LogP contribution in [0.5, 0.6) is 5.75 Å². The van der Waals surface area contributed by atoms with Crippen LogP contribution in [-0.4, -0.2) is 13.5 Å². The van der Waals surface area contributed by atoms with E-state index in [0.717, 1.165) is 0 Å². The van der Waals surface area contributed by atoms with Crippen molar-refractivity contribution in [3.8, 4) is 5.75 Å². The van der Waals surface area contributed by atoms with Crippen LogP contribution in [-0.2, 0) is 10.0 Å². The summed E-state index contributed by atoms with van der Waals surface area (Å²) in [4.78, 5) is 0.0752. The molecule has 0 aromatic heterocycles. The number of phenols is 1. The average Bonchev–Trinajstić information content (AvgIpc) is 2.37. The topological polar surface area (TPSA) is 66.4 Å². The molecule has 0 fully saturated rings. The lowest BCUT2D eigenvalue weighted by Crippen LogP contribution is -2.13. The van der Waals surface area contributed by atoms with Crippen LogP contribution < -0.4 is 4.72 Å². The van der Waals surface area contributed by atoms with Gasteiger partial charge >= 0.3 is 0 Å². The lowest BCUT2D eigenvalue weighted by Gasteiger charge is -2.12. The van der Waals surface area contributed by atoms with Gasteiger partial charge in [0.25, 0.3) is 10.0 Å². The van der Waals surface area contributed by atoms with Crippen molar-refractivity contribution < 1.29 is 13.5 Å². The van der Waals surface area contributed by atoms with Crippen molar-refractivity contribution in [3.63, 3.8) is 0 Å². The molecule has 0 radical (unpaired) electrons. The van der Waals surface area contributed by atoms with Gasteiger partial charge in [-0.25, -0.2) is 8.42 Å². The third-order valence-electron chi connectivity index (χ3n) is 2.41. The molecule has 0 unspecified atom stereocenters. The van der Waals surface area contributed by atoms with Crippen molar-refractivity contribution in [1.29, 1.82) is 0 Å². The maximum atomic E-state index is 12.3. The number of hydrogen-bond acceptors (Lipinski definition) is 3. The summed E-state index contributed by atoms with van der Waals surface area (Å²) in [6, 6.07) is 9.53. The molecule has 106 valence electrons. The quantitative estimate of drug-likeness (QED) is 0.630. The van der Waals surface area contributed by atoms with Gasteiger partial charge < -0.3 is 5.11 Å². The first-order valence-corrected chi connectivity index (χ1v) is 9.13. The zero-order valence-corrected chi connectivity index (χ0v) is 15.3. The highest BCUT2D eigenvalue weighted by Crippen LogP contribution is 2.34. The van der Waals surface area contributed by atoms with Gasteiger partial charge in [0.1, 0.15) is 4.90 Å². The molecule has 2 aromatic carbocycles. The minimum absolute atomic E-state index is 0.0752. The summed E-state index contributed by atoms with van der Waals surface area (Å²) < 4.78 is 28.5. The molecule has 0 bridgehead atoms. The second-order valence-corrected chi connectivity index (χ2v) is 8.09. The van der Waals surface area contributed by atoms with Crippen LogP contribution in [0.4, 0.5) is 5.69 Å². The van der Waals surface area contributed by atoms with Gasteiger partial charge in [0.2, 0.25) is 0 Å². The third-order valence-corrected chi connectivity index (χ3v) is 5.91. The van der Waals surface area contributed by atoms with Gasteiger partial charge in [-0.2, -0.15) is 0 Å². The summed E-state index contributed by atoms with van der Waals surface area (Å²) in [5.41, 5.74) is 0.103. The van der Waals surface area contributed by atoms with Crippen molar-refractivity contribution >= 4 is 63.5 Å². The molecule has 8 heteroatoms. The van der Waals surface area contributed by atoms with Gasteiger partial charge in [0, 0.05) is 8.95 Å². The molecule has 0 amide bonds. The van der Waals surface area contributed by atoms with Crippen molar-refractivity contribution in [2.75, 3.05) is 4.72 Å². The molecule has 20 heavy (non-hydrogen) atoms. The van der Waals surface area contributed by atoms with Gasteiger partial charge in [-0.15, -0.1) is 0 Å². The van der Waals surface area contributed by atoms with Crippen molar-refractivity contribution in [2.45, 2.75) is 4.90 Å². The monoisotopic (exact) mass is 483 g/mol. The van der Waals surface area contributed by atoms with E-state index in [-0.39, 0.29) is 16.3 Å². The van der Waals surface area contributed by atoms with Crippen molar-refractivity contribution in [3.05, 3.63) is 49.8 Å². The summed E-state index contributed by atoms with van der Waals surface area (Å²) in [5, 5.41) is 9.84. The fourth-order valence-electron chi connectivity index (χ4n) is 1.48. The fraction of sp³-hybridized carbons (Fsp3) is 0. The van der Waals surface area contributed by atoms with E-state index < -0.39 is 10.0 Å².